The molecule has 0 heterocycles. The first-order valence-electron chi connectivity index (χ1n) is 6.15. The van der Waals surface area contributed by atoms with Crippen molar-refractivity contribution in [2.24, 2.45) is 5.73 Å². The second-order valence-electron chi connectivity index (χ2n) is 4.06. The summed E-state index contributed by atoms with van der Waals surface area (Å²) in [4.78, 5) is 22.5. The van der Waals surface area contributed by atoms with Gasteiger partial charge in [0.25, 0.3) is 0 Å². The summed E-state index contributed by atoms with van der Waals surface area (Å²) < 4.78 is 11.2. The highest BCUT2D eigenvalue weighted by Crippen LogP contribution is 2.33. The van der Waals surface area contributed by atoms with E-state index in [9.17, 15) is 9.59 Å². The third-order valence-electron chi connectivity index (χ3n) is 2.66. The molecule has 0 aliphatic heterocycles. The molecule has 7 nitrogen and oxygen atoms in total. The maximum absolute atomic E-state index is 11.6. The third kappa shape index (κ3) is 6.08. The van der Waals surface area contributed by atoms with E-state index in [1.165, 1.54) is 7.11 Å². The fraction of sp³-hybridized carbons (Fsp3) is 0.385. The molecule has 1 aromatic rings. The van der Waals surface area contributed by atoms with E-state index in [1.807, 2.05) is 0 Å². The lowest BCUT2D eigenvalue weighted by molar-refractivity contribution is -0.125. The Hall–Kier alpha value is -1.51. The van der Waals surface area contributed by atoms with Crippen molar-refractivity contribution in [2.45, 2.75) is 6.54 Å². The van der Waals surface area contributed by atoms with Gasteiger partial charge in [0.1, 0.15) is 0 Å². The molecule has 0 aliphatic rings. The van der Waals surface area contributed by atoms with Gasteiger partial charge in [-0.3, -0.25) is 9.59 Å². The Morgan fingerprint density at radius 2 is 1.73 bits per heavy atom. The molecule has 0 spiro atoms. The number of nitrogens with one attached hydrogen (secondary N) is 2. The minimum atomic E-state index is -0.377. The molecule has 2 amide bonds. The van der Waals surface area contributed by atoms with Crippen molar-refractivity contribution in [3.63, 3.8) is 0 Å². The highest BCUT2D eigenvalue weighted by atomic mass is 79.9. The Kier molecular flexibility index (Phi) is 9.55. The summed E-state index contributed by atoms with van der Waals surface area (Å²) in [6, 6.07) is 3.53. The monoisotopic (exact) mass is 395 g/mol. The summed E-state index contributed by atoms with van der Waals surface area (Å²) in [7, 11) is 3.09. The van der Waals surface area contributed by atoms with E-state index < -0.39 is 0 Å². The fourth-order valence-electron chi connectivity index (χ4n) is 1.54. The molecule has 1 rings (SSSR count). The van der Waals surface area contributed by atoms with E-state index in [2.05, 4.69) is 26.6 Å². The zero-order valence-corrected chi connectivity index (χ0v) is 14.7. The first-order chi connectivity index (χ1) is 10.0. The number of ether oxygens (including phenoxy) is 2. The predicted molar refractivity (Wildman–Crippen MR) is 88.4 cm³/mol. The van der Waals surface area contributed by atoms with Crippen molar-refractivity contribution in [3.8, 4) is 11.5 Å². The van der Waals surface area contributed by atoms with Crippen LogP contribution in [-0.2, 0) is 16.1 Å². The summed E-state index contributed by atoms with van der Waals surface area (Å²) in [6.07, 6.45) is 0. The maximum atomic E-state index is 11.6. The maximum Gasteiger partial charge on any atom is 0.239 e. The van der Waals surface area contributed by atoms with Crippen LogP contribution >= 0.6 is 28.3 Å². The van der Waals surface area contributed by atoms with E-state index in [0.717, 1.165) is 10.0 Å². The van der Waals surface area contributed by atoms with Gasteiger partial charge in [0.2, 0.25) is 11.8 Å². The van der Waals surface area contributed by atoms with Crippen LogP contribution in [-0.4, -0.2) is 39.1 Å². The highest BCUT2D eigenvalue weighted by molar-refractivity contribution is 9.10. The molecule has 4 N–H and O–H groups in total. The molecule has 0 bridgehead atoms. The van der Waals surface area contributed by atoms with Crippen molar-refractivity contribution in [2.75, 3.05) is 27.3 Å². The molecule has 0 aliphatic carbocycles. The van der Waals surface area contributed by atoms with E-state index in [0.29, 0.717) is 11.5 Å². The van der Waals surface area contributed by atoms with Crippen molar-refractivity contribution < 1.29 is 19.1 Å². The van der Waals surface area contributed by atoms with Gasteiger partial charge in [0.05, 0.1) is 27.3 Å². The quantitative estimate of drug-likeness (QED) is 0.625. The molecule has 0 aromatic heterocycles. The van der Waals surface area contributed by atoms with Crippen molar-refractivity contribution in [1.82, 2.24) is 10.6 Å². The van der Waals surface area contributed by atoms with Gasteiger partial charge < -0.3 is 25.8 Å². The molecular formula is C13H19BrClN3O4. The zero-order valence-electron chi connectivity index (χ0n) is 12.3. The Morgan fingerprint density at radius 3 is 2.27 bits per heavy atom. The minimum absolute atomic E-state index is 0. The average molecular weight is 397 g/mol. The summed E-state index contributed by atoms with van der Waals surface area (Å²) in [5.41, 5.74) is 5.95. The van der Waals surface area contributed by atoms with E-state index in [4.69, 9.17) is 15.2 Å². The van der Waals surface area contributed by atoms with Gasteiger partial charge in [0, 0.05) is 11.0 Å². The van der Waals surface area contributed by atoms with Crippen LogP contribution in [0.5, 0.6) is 11.5 Å². The first-order valence-corrected chi connectivity index (χ1v) is 6.95. The number of carbonyl (C=O) groups excluding carboxylic acids is 2. The Balaban J connectivity index is 0.00000441. The van der Waals surface area contributed by atoms with Gasteiger partial charge in [-0.1, -0.05) is 15.9 Å². The van der Waals surface area contributed by atoms with Gasteiger partial charge in [-0.15, -0.1) is 12.4 Å². The standard InChI is InChI=1S/C13H18BrN3O4.ClH/c1-20-10-3-8(9(14)4-11(10)21-2)6-16-13(19)7-17-12(18)5-15;/h3-4H,5-7,15H2,1-2H3,(H,16,19)(H,17,18);1H. The molecule has 124 valence electrons. The van der Waals surface area contributed by atoms with Crippen molar-refractivity contribution >= 4 is 40.2 Å². The van der Waals surface area contributed by atoms with Crippen molar-refractivity contribution in [1.29, 1.82) is 0 Å². The molecule has 0 radical (unpaired) electrons. The number of carbonyl (C=O) groups is 2. The Labute approximate surface area is 143 Å². The topological polar surface area (TPSA) is 103 Å². The average Bonchev–Trinajstić information content (AvgIpc) is 2.50. The molecule has 0 fully saturated rings. The molecule has 0 atom stereocenters. The van der Waals surface area contributed by atoms with E-state index in [1.54, 1.807) is 19.2 Å². The van der Waals surface area contributed by atoms with Crippen molar-refractivity contribution in [3.05, 3.63) is 22.2 Å². The first kappa shape index (κ1) is 20.5. The van der Waals surface area contributed by atoms with Crippen LogP contribution in [0.1, 0.15) is 5.56 Å². The molecule has 22 heavy (non-hydrogen) atoms. The largest absolute Gasteiger partial charge is 0.493 e. The molecule has 0 saturated carbocycles. The van der Waals surface area contributed by atoms with Crippen LogP contribution in [0.3, 0.4) is 0 Å². The predicted octanol–water partition coefficient (Wildman–Crippen LogP) is 0.579. The SMILES string of the molecule is COc1cc(Br)c(CNC(=O)CNC(=O)CN)cc1OC.Cl. The van der Waals surface area contributed by atoms with Gasteiger partial charge in [-0.05, 0) is 17.7 Å². The lowest BCUT2D eigenvalue weighted by Crippen LogP contribution is -2.39. The number of amides is 2. The number of hydrogen-bond donors (Lipinski definition) is 3. The molecule has 0 saturated heterocycles. The summed E-state index contributed by atoms with van der Waals surface area (Å²) >= 11 is 3.40. The number of benzene rings is 1. The summed E-state index contributed by atoms with van der Waals surface area (Å²) in [5.74, 6) is 0.479. The highest BCUT2D eigenvalue weighted by Gasteiger charge is 2.11. The number of rotatable bonds is 7. The van der Waals surface area contributed by atoms with Gasteiger partial charge in [0.15, 0.2) is 11.5 Å². The second kappa shape index (κ2) is 10.3. The Morgan fingerprint density at radius 1 is 1.14 bits per heavy atom. The molecule has 1 aromatic carbocycles. The van der Waals surface area contributed by atoms with Crippen LogP contribution in [0, 0.1) is 0 Å². The molecule has 0 unspecified atom stereocenters. The summed E-state index contributed by atoms with van der Waals surface area (Å²) in [5, 5.41) is 5.08. The van der Waals surface area contributed by atoms with Crippen LogP contribution in [0.4, 0.5) is 0 Å². The lowest BCUT2D eigenvalue weighted by atomic mass is 10.2. The van der Waals surface area contributed by atoms with Crippen LogP contribution in [0.15, 0.2) is 16.6 Å². The molecule has 9 heteroatoms. The second-order valence-corrected chi connectivity index (χ2v) is 4.91. The van der Waals surface area contributed by atoms with E-state index in [-0.39, 0.29) is 43.9 Å². The Bertz CT molecular complexity index is 528. The lowest BCUT2D eigenvalue weighted by Gasteiger charge is -2.12. The minimum Gasteiger partial charge on any atom is -0.493 e. The van der Waals surface area contributed by atoms with Crippen LogP contribution in [0.25, 0.3) is 0 Å². The van der Waals surface area contributed by atoms with E-state index >= 15 is 0 Å². The van der Waals surface area contributed by atoms with Crippen LogP contribution in [0.2, 0.25) is 0 Å². The normalized spacial score (nSPS) is 9.45. The fourth-order valence-corrected chi connectivity index (χ4v) is 2.00. The smallest absolute Gasteiger partial charge is 0.239 e. The van der Waals surface area contributed by atoms with Gasteiger partial charge >= 0.3 is 0 Å². The summed E-state index contributed by atoms with van der Waals surface area (Å²) in [6.45, 7) is 0.0354. The van der Waals surface area contributed by atoms with Gasteiger partial charge in [-0.25, -0.2) is 0 Å². The third-order valence-corrected chi connectivity index (χ3v) is 3.40. The zero-order chi connectivity index (χ0) is 15.8. The number of methoxy groups -OCH3 is 2. The number of halogens is 2. The number of nitrogens with two attached hydrogens (primary N) is 1. The molecular weight excluding hydrogens is 378 g/mol. The van der Waals surface area contributed by atoms with Gasteiger partial charge in [-0.2, -0.15) is 0 Å². The number of hydrogen-bond acceptors (Lipinski definition) is 5. The van der Waals surface area contributed by atoms with Crippen LogP contribution < -0.4 is 25.8 Å².